The molecule has 0 saturated heterocycles. The summed E-state index contributed by atoms with van der Waals surface area (Å²) < 4.78 is 18.8. The highest BCUT2D eigenvalue weighted by Crippen LogP contribution is 2.61. The number of thioether (sulfide) groups is 2. The molecule has 3 heterocycles. The van der Waals surface area contributed by atoms with Crippen LogP contribution in [0.4, 0.5) is 11.4 Å². The van der Waals surface area contributed by atoms with Crippen molar-refractivity contribution in [3.8, 4) is 23.0 Å². The highest BCUT2D eigenvalue weighted by atomic mass is 32.2. The van der Waals surface area contributed by atoms with Crippen molar-refractivity contribution in [1.82, 2.24) is 0 Å². The van der Waals surface area contributed by atoms with Crippen molar-refractivity contribution >= 4 is 102 Å². The van der Waals surface area contributed by atoms with E-state index < -0.39 is 29.9 Å². The van der Waals surface area contributed by atoms with E-state index in [0.717, 1.165) is 57.9 Å². The number of carboxylic acids is 2. The summed E-state index contributed by atoms with van der Waals surface area (Å²) in [5, 5.41) is 46.3. The molecule has 5 aliphatic rings. The first-order valence-electron chi connectivity index (χ1n) is 18.1. The van der Waals surface area contributed by atoms with Gasteiger partial charge in [0.2, 0.25) is 0 Å². The second-order valence-electron chi connectivity index (χ2n) is 14.8. The maximum atomic E-state index is 14.0. The van der Waals surface area contributed by atoms with Crippen molar-refractivity contribution in [2.24, 2.45) is 9.98 Å². The summed E-state index contributed by atoms with van der Waals surface area (Å²) in [7, 11) is 4.58. The number of carbonyl (C=O) groups is 3. The Morgan fingerprint density at radius 2 is 1.25 bits per heavy atom. The van der Waals surface area contributed by atoms with Crippen molar-refractivity contribution in [1.29, 1.82) is 0 Å². The van der Waals surface area contributed by atoms with E-state index in [1.165, 1.54) is 37.6 Å². The summed E-state index contributed by atoms with van der Waals surface area (Å²) in [6.07, 6.45) is 4.96. The first kappa shape index (κ1) is 34.3. The molecule has 5 aromatic carbocycles. The van der Waals surface area contributed by atoms with Gasteiger partial charge in [-0.05, 0) is 38.5 Å². The molecule has 55 heavy (non-hydrogen) atoms. The number of benzene rings is 5. The highest BCUT2D eigenvalue weighted by molar-refractivity contribution is 7.99. The molecule has 2 aliphatic carbocycles. The van der Waals surface area contributed by atoms with Crippen LogP contribution in [0.2, 0.25) is 0 Å². The molecule has 5 N–H and O–H groups in total. The number of nitrogens with one attached hydrogen (secondary N) is 2. The molecule has 3 aliphatic heterocycles. The normalized spacial score (nSPS) is 23.4. The van der Waals surface area contributed by atoms with Gasteiger partial charge >= 0.3 is 11.9 Å². The van der Waals surface area contributed by atoms with Gasteiger partial charge in [-0.1, -0.05) is 11.6 Å². The van der Waals surface area contributed by atoms with Crippen molar-refractivity contribution in [2.75, 3.05) is 43.5 Å². The third-order valence-corrected chi connectivity index (χ3v) is 14.3. The molecule has 0 spiro atoms. The maximum Gasteiger partial charge on any atom is 0.329 e. The number of phenolic OH excluding ortho intramolecular Hbond substituents is 1. The lowest BCUT2D eigenvalue weighted by atomic mass is 9.80. The number of carboxylic acid groups (broad SMARTS) is 2. The van der Waals surface area contributed by atoms with Crippen LogP contribution < -0.4 is 35.6 Å². The number of aliphatic carboxylic acids is 2. The number of methoxy groups -OCH3 is 3. The van der Waals surface area contributed by atoms with Crippen molar-refractivity contribution in [3.05, 3.63) is 27.4 Å². The molecule has 0 amide bonds. The number of hydrogen-bond donors (Lipinski definition) is 5. The van der Waals surface area contributed by atoms with Crippen LogP contribution in [0.1, 0.15) is 50.2 Å². The molecule has 13 nitrogen and oxygen atoms in total. The van der Waals surface area contributed by atoms with Gasteiger partial charge in [0.15, 0.2) is 23.6 Å². The Kier molecular flexibility index (Phi) is 7.45. The Morgan fingerprint density at radius 1 is 0.727 bits per heavy atom. The standard InChI is InChI=1S/C40H36N4O9S2/c1-12-9-14-20-21-23-26(36(53-5)38-32(44-18(11-55-38)40(49)50)28(23)33(46)34(51-3)24(21)19(12)13(2)45)25-22(20)27(30-29(14)41-15-7-6-8-16(15)42-30)31-37(35(25)52-4)54-10-17(43-31)39(47)48/h9,15-19,41-42,46H,6-8,10-11H2,1-5H3,(H,47,48)(H,49,50). The minimum atomic E-state index is -1.10. The quantitative estimate of drug-likeness (QED) is 0.105. The first-order chi connectivity index (χ1) is 26.5. The lowest BCUT2D eigenvalue weighted by molar-refractivity contribution is -0.138. The van der Waals surface area contributed by atoms with E-state index in [2.05, 4.69) is 10.6 Å². The van der Waals surface area contributed by atoms with Gasteiger partial charge in [-0.2, -0.15) is 0 Å². The predicted octanol–water partition coefficient (Wildman–Crippen LogP) is 5.67. The van der Waals surface area contributed by atoms with Gasteiger partial charge in [-0.15, -0.1) is 23.5 Å². The van der Waals surface area contributed by atoms with E-state index in [1.807, 2.05) is 13.0 Å². The Hall–Kier alpha value is -5.15. The fraction of sp³-hybridized carbons (Fsp3) is 0.375. The zero-order chi connectivity index (χ0) is 38.3. The Labute approximate surface area is 321 Å². The summed E-state index contributed by atoms with van der Waals surface area (Å²) in [5.74, 6) is -2.07. The average Bonchev–Trinajstić information content (AvgIpc) is 3.58. The van der Waals surface area contributed by atoms with Gasteiger partial charge in [0, 0.05) is 67.0 Å². The van der Waals surface area contributed by atoms with Crippen LogP contribution in [0.25, 0.3) is 49.2 Å². The van der Waals surface area contributed by atoms with Crippen LogP contribution in [0, 0.1) is 0 Å². The van der Waals surface area contributed by atoms with Gasteiger partial charge in [0.05, 0.1) is 64.5 Å². The summed E-state index contributed by atoms with van der Waals surface area (Å²) in [4.78, 5) is 49.9. The largest absolute Gasteiger partial charge is 0.504 e. The molecular weight excluding hydrogens is 745 g/mol. The van der Waals surface area contributed by atoms with Crippen LogP contribution in [0.15, 0.2) is 25.3 Å². The Morgan fingerprint density at radius 3 is 1.78 bits per heavy atom. The second kappa shape index (κ2) is 11.9. The molecule has 0 radical (unpaired) electrons. The minimum Gasteiger partial charge on any atom is -0.504 e. The molecule has 0 bridgehead atoms. The van der Waals surface area contributed by atoms with E-state index >= 15 is 0 Å². The summed E-state index contributed by atoms with van der Waals surface area (Å²) in [5.41, 5.74) is 3.63. The van der Waals surface area contributed by atoms with Gasteiger partial charge in [-0.3, -0.25) is 14.8 Å². The number of rotatable bonds is 6. The molecule has 0 aromatic heterocycles. The fourth-order valence-electron chi connectivity index (χ4n) is 9.89. The Balaban J connectivity index is 1.61. The number of Topliss-reactive ketones (excluding diaryl/α,β-unsaturated/α-hetero) is 1. The second-order valence-corrected chi connectivity index (χ2v) is 16.9. The van der Waals surface area contributed by atoms with E-state index in [1.54, 1.807) is 14.2 Å². The number of fused-ring (bicyclic) bond motifs is 9. The number of allylic oxidation sites excluding steroid dienone is 1. The smallest absolute Gasteiger partial charge is 0.329 e. The predicted molar refractivity (Wildman–Crippen MR) is 211 cm³/mol. The lowest BCUT2D eigenvalue weighted by Gasteiger charge is -2.36. The lowest BCUT2D eigenvalue weighted by Crippen LogP contribution is -2.40. The third-order valence-electron chi connectivity index (χ3n) is 12.0. The van der Waals surface area contributed by atoms with Crippen LogP contribution in [-0.4, -0.2) is 90.0 Å². The third kappa shape index (κ3) is 4.36. The van der Waals surface area contributed by atoms with Gasteiger partial charge in [0.1, 0.15) is 17.3 Å². The molecule has 5 aromatic rings. The van der Waals surface area contributed by atoms with Crippen LogP contribution in [-0.2, 0) is 14.4 Å². The Bertz CT molecular complexity index is 2820. The first-order valence-corrected chi connectivity index (χ1v) is 20.1. The molecule has 282 valence electrons. The molecular formula is C40H36N4O9S2. The SMILES string of the molecule is COc1c(O)c2c3c(c(OC)c4c5c(OC)c6c(c7c8c(c9c(c(c1C(C(C)=O)C(C)=C9)c24)c75)NC1CCCC1N8)=NC(C(=O)O)CS6)SCC(C(=O)O)N=3. The van der Waals surface area contributed by atoms with Gasteiger partial charge in [0.25, 0.3) is 0 Å². The van der Waals surface area contributed by atoms with E-state index in [4.69, 9.17) is 24.2 Å². The maximum absolute atomic E-state index is 14.0. The number of phenols is 1. The highest BCUT2D eigenvalue weighted by Gasteiger charge is 2.42. The molecule has 5 atom stereocenters. The fourth-order valence-corrected chi connectivity index (χ4v) is 12.2. The topological polar surface area (TPSA) is 188 Å². The van der Waals surface area contributed by atoms with E-state index in [0.29, 0.717) is 53.8 Å². The van der Waals surface area contributed by atoms with Crippen molar-refractivity contribution in [3.63, 3.8) is 0 Å². The molecule has 1 fully saturated rings. The number of aromatic hydroxyl groups is 1. The number of nitrogens with zero attached hydrogens (tertiary/aromatic N) is 2. The molecule has 5 unspecified atom stereocenters. The number of ketones is 1. The van der Waals surface area contributed by atoms with Crippen LogP contribution in [0.5, 0.6) is 23.0 Å². The number of anilines is 2. The number of carbonyl (C=O) groups excluding carboxylic acids is 1. The van der Waals surface area contributed by atoms with E-state index in [-0.39, 0.29) is 51.6 Å². The van der Waals surface area contributed by atoms with Crippen LogP contribution in [0.3, 0.4) is 0 Å². The molecule has 10 rings (SSSR count). The zero-order valence-electron chi connectivity index (χ0n) is 30.5. The summed E-state index contributed by atoms with van der Waals surface area (Å²) >= 11 is 2.66. The zero-order valence-corrected chi connectivity index (χ0v) is 32.1. The average molecular weight is 781 g/mol. The van der Waals surface area contributed by atoms with Gasteiger partial charge < -0.3 is 40.2 Å². The minimum absolute atomic E-state index is 0.0895. The molecule has 15 heteroatoms. The van der Waals surface area contributed by atoms with Crippen LogP contribution >= 0.6 is 23.5 Å². The van der Waals surface area contributed by atoms with Gasteiger partial charge in [-0.25, -0.2) is 9.59 Å². The van der Waals surface area contributed by atoms with Crippen molar-refractivity contribution < 1.29 is 43.9 Å². The summed E-state index contributed by atoms with van der Waals surface area (Å²) in [6.45, 7) is 3.43. The van der Waals surface area contributed by atoms with Crippen molar-refractivity contribution in [2.45, 2.75) is 73.0 Å². The van der Waals surface area contributed by atoms with E-state index in [9.17, 15) is 29.7 Å². The number of ether oxygens (including phenoxy) is 3. The monoisotopic (exact) mass is 780 g/mol. The summed E-state index contributed by atoms with van der Waals surface area (Å²) in [6, 6.07) is -1.85. The molecule has 1 saturated carbocycles. The number of hydrogen-bond acceptors (Lipinski definition) is 13.